The third-order valence-electron chi connectivity index (χ3n) is 3.06. The van der Waals surface area contributed by atoms with Crippen LogP contribution in [0.5, 0.6) is 0 Å². The van der Waals surface area contributed by atoms with Gasteiger partial charge in [0.2, 0.25) is 5.95 Å². The smallest absolute Gasteiger partial charge is 0.224 e. The molecule has 0 unspecified atom stereocenters. The molecule has 19 heavy (non-hydrogen) atoms. The molecular formula is C12H17BrN6. The van der Waals surface area contributed by atoms with E-state index in [-0.39, 0.29) is 0 Å². The Morgan fingerprint density at radius 1 is 1.37 bits per heavy atom. The minimum Gasteiger partial charge on any atom is -0.365 e. The second-order valence-electron chi connectivity index (χ2n) is 4.27. The third-order valence-corrected chi connectivity index (χ3v) is 3.64. The molecule has 0 aliphatic rings. The van der Waals surface area contributed by atoms with Crippen molar-refractivity contribution in [3.8, 4) is 0 Å². The topological polar surface area (TPSA) is 67.7 Å². The molecule has 0 aromatic carbocycles. The number of nitrogens with one attached hydrogen (secondary N) is 2. The molecule has 0 aliphatic heterocycles. The van der Waals surface area contributed by atoms with Crippen LogP contribution >= 0.6 is 15.9 Å². The van der Waals surface area contributed by atoms with Crippen molar-refractivity contribution in [1.29, 1.82) is 0 Å². The summed E-state index contributed by atoms with van der Waals surface area (Å²) in [5, 5.41) is 10.6. The first-order valence-corrected chi connectivity index (χ1v) is 6.75. The summed E-state index contributed by atoms with van der Waals surface area (Å²) < 4.78 is 2.73. The molecule has 0 atom stereocenters. The van der Waals surface area contributed by atoms with E-state index < -0.39 is 0 Å². The zero-order chi connectivity index (χ0) is 14.0. The van der Waals surface area contributed by atoms with Gasteiger partial charge in [0.25, 0.3) is 0 Å². The van der Waals surface area contributed by atoms with E-state index in [0.717, 1.165) is 21.7 Å². The lowest BCUT2D eigenvalue weighted by molar-refractivity contribution is 0.730. The highest BCUT2D eigenvalue weighted by Gasteiger charge is 2.10. The molecule has 2 aromatic heterocycles. The number of halogens is 1. The minimum atomic E-state index is 0.588. The molecule has 102 valence electrons. The van der Waals surface area contributed by atoms with Crippen LogP contribution in [0.4, 0.5) is 11.8 Å². The van der Waals surface area contributed by atoms with Crippen LogP contribution in [0.3, 0.4) is 0 Å². The molecule has 0 saturated carbocycles. The summed E-state index contributed by atoms with van der Waals surface area (Å²) in [6, 6.07) is 0. The highest BCUT2D eigenvalue weighted by atomic mass is 79.9. The highest BCUT2D eigenvalue weighted by molar-refractivity contribution is 9.10. The predicted octanol–water partition coefficient (Wildman–Crippen LogP) is 2.24. The molecule has 0 aliphatic carbocycles. The van der Waals surface area contributed by atoms with Crippen LogP contribution in [-0.4, -0.2) is 26.8 Å². The highest BCUT2D eigenvalue weighted by Crippen LogP contribution is 2.21. The summed E-state index contributed by atoms with van der Waals surface area (Å²) >= 11 is 3.44. The molecule has 2 heterocycles. The third kappa shape index (κ3) is 2.86. The van der Waals surface area contributed by atoms with Gasteiger partial charge in [-0.05, 0) is 29.8 Å². The quantitative estimate of drug-likeness (QED) is 0.902. The SMILES string of the molecule is CNc1ncc(Br)c(NCc2c(C)nn(C)c2C)n1. The van der Waals surface area contributed by atoms with Gasteiger partial charge in [0, 0.05) is 38.1 Å². The molecular weight excluding hydrogens is 308 g/mol. The maximum absolute atomic E-state index is 4.40. The van der Waals surface area contributed by atoms with Crippen LogP contribution in [0, 0.1) is 13.8 Å². The summed E-state index contributed by atoms with van der Waals surface area (Å²) in [4.78, 5) is 8.49. The molecule has 2 aromatic rings. The van der Waals surface area contributed by atoms with E-state index in [2.05, 4.69) is 48.6 Å². The first-order chi connectivity index (χ1) is 9.02. The summed E-state index contributed by atoms with van der Waals surface area (Å²) in [6.45, 7) is 4.76. The lowest BCUT2D eigenvalue weighted by Gasteiger charge is -2.09. The number of aryl methyl sites for hydroxylation is 2. The number of anilines is 2. The zero-order valence-electron chi connectivity index (χ0n) is 11.5. The van der Waals surface area contributed by atoms with Gasteiger partial charge in [0.05, 0.1) is 10.2 Å². The molecule has 7 heteroatoms. The largest absolute Gasteiger partial charge is 0.365 e. The molecule has 0 amide bonds. The van der Waals surface area contributed by atoms with Crippen molar-refractivity contribution in [1.82, 2.24) is 19.7 Å². The van der Waals surface area contributed by atoms with Gasteiger partial charge < -0.3 is 10.6 Å². The Morgan fingerprint density at radius 2 is 2.11 bits per heavy atom. The summed E-state index contributed by atoms with van der Waals surface area (Å²) in [5.41, 5.74) is 3.38. The lowest BCUT2D eigenvalue weighted by Crippen LogP contribution is -2.06. The van der Waals surface area contributed by atoms with Gasteiger partial charge in [-0.1, -0.05) is 0 Å². The van der Waals surface area contributed by atoms with Crippen molar-refractivity contribution in [2.45, 2.75) is 20.4 Å². The Labute approximate surface area is 120 Å². The Morgan fingerprint density at radius 3 is 2.68 bits per heavy atom. The van der Waals surface area contributed by atoms with Crippen molar-refractivity contribution < 1.29 is 0 Å². The average Bonchev–Trinajstić information content (AvgIpc) is 2.63. The van der Waals surface area contributed by atoms with E-state index in [4.69, 9.17) is 0 Å². The van der Waals surface area contributed by atoms with Gasteiger partial charge in [-0.25, -0.2) is 4.98 Å². The van der Waals surface area contributed by atoms with Gasteiger partial charge >= 0.3 is 0 Å². The van der Waals surface area contributed by atoms with Gasteiger partial charge in [-0.15, -0.1) is 0 Å². The van der Waals surface area contributed by atoms with Crippen LogP contribution in [0.15, 0.2) is 10.7 Å². The first-order valence-electron chi connectivity index (χ1n) is 5.96. The lowest BCUT2D eigenvalue weighted by atomic mass is 10.2. The van der Waals surface area contributed by atoms with E-state index in [1.165, 1.54) is 5.56 Å². The number of nitrogens with zero attached hydrogens (tertiary/aromatic N) is 4. The van der Waals surface area contributed by atoms with Crippen LogP contribution < -0.4 is 10.6 Å². The van der Waals surface area contributed by atoms with Gasteiger partial charge in [-0.2, -0.15) is 10.1 Å². The Hall–Kier alpha value is -1.63. The molecule has 0 spiro atoms. The summed E-state index contributed by atoms with van der Waals surface area (Å²) in [7, 11) is 3.74. The Kier molecular flexibility index (Phi) is 4.04. The van der Waals surface area contributed by atoms with Crippen LogP contribution in [-0.2, 0) is 13.6 Å². The van der Waals surface area contributed by atoms with Crippen molar-refractivity contribution in [2.24, 2.45) is 7.05 Å². The van der Waals surface area contributed by atoms with Crippen LogP contribution in [0.25, 0.3) is 0 Å². The number of hydrogen-bond acceptors (Lipinski definition) is 5. The predicted molar refractivity (Wildman–Crippen MR) is 79.3 cm³/mol. The van der Waals surface area contributed by atoms with E-state index in [9.17, 15) is 0 Å². The fraction of sp³-hybridized carbons (Fsp3) is 0.417. The Bertz CT molecular complexity index is 592. The van der Waals surface area contributed by atoms with Gasteiger partial charge in [0.1, 0.15) is 5.82 Å². The maximum atomic E-state index is 4.40. The van der Waals surface area contributed by atoms with Gasteiger partial charge in [-0.3, -0.25) is 4.68 Å². The molecule has 0 saturated heterocycles. The zero-order valence-corrected chi connectivity index (χ0v) is 13.0. The Balaban J connectivity index is 2.18. The van der Waals surface area contributed by atoms with E-state index in [0.29, 0.717) is 12.5 Å². The second-order valence-corrected chi connectivity index (χ2v) is 5.12. The molecule has 2 rings (SSSR count). The van der Waals surface area contributed by atoms with Crippen molar-refractivity contribution in [2.75, 3.05) is 17.7 Å². The van der Waals surface area contributed by atoms with E-state index in [1.807, 2.05) is 18.7 Å². The van der Waals surface area contributed by atoms with Crippen LogP contribution in [0.2, 0.25) is 0 Å². The van der Waals surface area contributed by atoms with E-state index in [1.54, 1.807) is 13.2 Å². The number of aromatic nitrogens is 4. The maximum Gasteiger partial charge on any atom is 0.224 e. The monoisotopic (exact) mass is 324 g/mol. The fourth-order valence-electron chi connectivity index (χ4n) is 1.86. The second kappa shape index (κ2) is 5.56. The van der Waals surface area contributed by atoms with Crippen molar-refractivity contribution in [3.63, 3.8) is 0 Å². The minimum absolute atomic E-state index is 0.588. The van der Waals surface area contributed by atoms with Gasteiger partial charge in [0.15, 0.2) is 0 Å². The van der Waals surface area contributed by atoms with Crippen LogP contribution in [0.1, 0.15) is 17.0 Å². The molecule has 0 fully saturated rings. The molecule has 0 bridgehead atoms. The molecule has 0 radical (unpaired) electrons. The standard InChI is InChI=1S/C12H17BrN6/c1-7-9(8(2)19(4)18-7)5-15-11-10(13)6-16-12(14-3)17-11/h6H,5H2,1-4H3,(H2,14,15,16,17). The van der Waals surface area contributed by atoms with E-state index >= 15 is 0 Å². The van der Waals surface area contributed by atoms with Crippen molar-refractivity contribution >= 4 is 27.7 Å². The number of rotatable bonds is 4. The fourth-order valence-corrected chi connectivity index (χ4v) is 2.19. The summed E-state index contributed by atoms with van der Waals surface area (Å²) in [5.74, 6) is 1.35. The summed E-state index contributed by atoms with van der Waals surface area (Å²) in [6.07, 6.45) is 1.73. The molecule has 6 nitrogen and oxygen atoms in total. The van der Waals surface area contributed by atoms with Crippen molar-refractivity contribution in [3.05, 3.63) is 27.6 Å². The molecule has 2 N–H and O–H groups in total. The normalized spacial score (nSPS) is 10.6. The first kappa shape index (κ1) is 13.8. The number of hydrogen-bond donors (Lipinski definition) is 2. The average molecular weight is 325 g/mol.